The number of alkyl carbamates (subject to hydrolysis) is 1. The van der Waals surface area contributed by atoms with Crippen LogP contribution in [0.25, 0.3) is 0 Å². The second-order valence-corrected chi connectivity index (χ2v) is 10.7. The summed E-state index contributed by atoms with van der Waals surface area (Å²) in [6.07, 6.45) is -2.13. The van der Waals surface area contributed by atoms with Gasteiger partial charge in [-0.25, -0.2) is 9.59 Å². The monoisotopic (exact) mass is 495 g/mol. The van der Waals surface area contributed by atoms with Gasteiger partial charge in [0.2, 0.25) is 4.93 Å². The van der Waals surface area contributed by atoms with Gasteiger partial charge in [0, 0.05) is 18.9 Å². The second kappa shape index (κ2) is 13.7. The van der Waals surface area contributed by atoms with Crippen molar-refractivity contribution in [1.82, 2.24) is 5.32 Å². The van der Waals surface area contributed by atoms with Crippen LogP contribution in [0.3, 0.4) is 0 Å². The predicted molar refractivity (Wildman–Crippen MR) is 124 cm³/mol. The maximum Gasteiger partial charge on any atom is 0.407 e. The highest BCUT2D eigenvalue weighted by atomic mass is 32.2. The molecular formula is C22H41NO9S. The summed E-state index contributed by atoms with van der Waals surface area (Å²) in [5.74, 6) is -0.686. The Balaban J connectivity index is 2.54. The first-order valence-electron chi connectivity index (χ1n) is 11.4. The SMILES string of the molecule is COC(=O)[C@@]1(SCCCCCCNC(=O)OC(C)(C)C)C[C@H](O)[C@@H](C)C([C@H](O)[C@H](O)CO)O1. The normalized spacial score (nSPS) is 27.5. The maximum atomic E-state index is 12.6. The summed E-state index contributed by atoms with van der Waals surface area (Å²) in [4.78, 5) is 22.7. The smallest absolute Gasteiger partial charge is 0.407 e. The predicted octanol–water partition coefficient (Wildman–Crippen LogP) is 1.17. The first kappa shape index (κ1) is 29.9. The number of methoxy groups -OCH3 is 1. The molecule has 6 atom stereocenters. The second-order valence-electron chi connectivity index (χ2n) is 9.39. The van der Waals surface area contributed by atoms with Gasteiger partial charge in [-0.1, -0.05) is 19.8 Å². The summed E-state index contributed by atoms with van der Waals surface area (Å²) in [5.41, 5.74) is -0.533. The van der Waals surface area contributed by atoms with E-state index in [9.17, 15) is 24.9 Å². The van der Waals surface area contributed by atoms with Crippen LogP contribution in [0, 0.1) is 5.92 Å². The quantitative estimate of drug-likeness (QED) is 0.197. The van der Waals surface area contributed by atoms with E-state index in [1.54, 1.807) is 27.7 Å². The van der Waals surface area contributed by atoms with Crippen LogP contribution >= 0.6 is 11.8 Å². The van der Waals surface area contributed by atoms with Crippen LogP contribution in [-0.4, -0.2) is 93.5 Å². The Bertz CT molecular complexity index is 615. The van der Waals surface area contributed by atoms with Gasteiger partial charge in [-0.05, 0) is 39.4 Å². The average Bonchev–Trinajstić information content (AvgIpc) is 2.74. The number of amides is 1. The van der Waals surface area contributed by atoms with E-state index in [0.717, 1.165) is 25.7 Å². The summed E-state index contributed by atoms with van der Waals surface area (Å²) in [5, 5.41) is 42.6. The lowest BCUT2D eigenvalue weighted by Gasteiger charge is -2.46. The van der Waals surface area contributed by atoms with Crippen molar-refractivity contribution < 1.29 is 44.2 Å². The van der Waals surface area contributed by atoms with Gasteiger partial charge in [0.1, 0.15) is 17.8 Å². The van der Waals surface area contributed by atoms with Crippen LogP contribution in [-0.2, 0) is 19.0 Å². The lowest BCUT2D eigenvalue weighted by molar-refractivity contribution is -0.214. The molecule has 0 aromatic heterocycles. The van der Waals surface area contributed by atoms with Crippen molar-refractivity contribution in [2.45, 2.75) is 94.7 Å². The van der Waals surface area contributed by atoms with Crippen molar-refractivity contribution in [3.05, 3.63) is 0 Å². The standard InChI is InChI=1S/C22H41NO9S/c1-14-15(25)12-22(19(28)30-5,31-18(14)17(27)16(26)13-24)33-11-9-7-6-8-10-23-20(29)32-21(2,3)4/h14-18,24-27H,6-13H2,1-5H3,(H,23,29)/t14-,15+,16-,17-,18?,22+/m1/s1. The molecule has 0 aromatic rings. The van der Waals surface area contributed by atoms with Gasteiger partial charge in [-0.3, -0.25) is 0 Å². The van der Waals surface area contributed by atoms with Crippen LogP contribution in [0.5, 0.6) is 0 Å². The minimum atomic E-state index is -1.51. The average molecular weight is 496 g/mol. The van der Waals surface area contributed by atoms with Crippen molar-refractivity contribution in [2.24, 2.45) is 5.92 Å². The molecule has 1 fully saturated rings. The molecule has 0 spiro atoms. The van der Waals surface area contributed by atoms with Gasteiger partial charge in [0.05, 0.1) is 25.9 Å². The minimum absolute atomic E-state index is 0.0102. The molecule has 0 radical (unpaired) electrons. The first-order chi connectivity index (χ1) is 15.4. The molecule has 1 aliphatic rings. The molecule has 0 aromatic carbocycles. The van der Waals surface area contributed by atoms with E-state index >= 15 is 0 Å². The van der Waals surface area contributed by atoms with Crippen molar-refractivity contribution in [2.75, 3.05) is 26.0 Å². The van der Waals surface area contributed by atoms with E-state index in [4.69, 9.17) is 19.3 Å². The van der Waals surface area contributed by atoms with Crippen molar-refractivity contribution in [3.8, 4) is 0 Å². The highest BCUT2D eigenvalue weighted by Crippen LogP contribution is 2.43. The zero-order chi connectivity index (χ0) is 25.2. The lowest BCUT2D eigenvalue weighted by Crippen LogP contribution is -2.59. The minimum Gasteiger partial charge on any atom is -0.466 e. The third-order valence-electron chi connectivity index (χ3n) is 5.42. The van der Waals surface area contributed by atoms with Crippen LogP contribution in [0.1, 0.15) is 59.8 Å². The first-order valence-corrected chi connectivity index (χ1v) is 12.4. The van der Waals surface area contributed by atoms with Gasteiger partial charge in [-0.15, -0.1) is 11.8 Å². The van der Waals surface area contributed by atoms with Gasteiger partial charge in [-0.2, -0.15) is 0 Å². The number of nitrogens with one attached hydrogen (secondary N) is 1. The number of rotatable bonds is 12. The van der Waals surface area contributed by atoms with E-state index in [1.165, 1.54) is 18.9 Å². The number of ether oxygens (including phenoxy) is 3. The topological polar surface area (TPSA) is 155 Å². The summed E-state index contributed by atoms with van der Waals surface area (Å²) in [6.45, 7) is 6.90. The molecule has 0 saturated carbocycles. The number of thioether (sulfide) groups is 1. The van der Waals surface area contributed by atoms with Crippen LogP contribution in [0.15, 0.2) is 0 Å². The van der Waals surface area contributed by atoms with E-state index in [1.807, 2.05) is 0 Å². The molecule has 1 rings (SSSR count). The van der Waals surface area contributed by atoms with Gasteiger partial charge in [0.15, 0.2) is 0 Å². The Morgan fingerprint density at radius 2 is 1.85 bits per heavy atom. The Kier molecular flexibility index (Phi) is 12.4. The maximum absolute atomic E-state index is 12.6. The molecule has 33 heavy (non-hydrogen) atoms. The van der Waals surface area contributed by atoms with Crippen molar-refractivity contribution >= 4 is 23.8 Å². The van der Waals surface area contributed by atoms with Crippen molar-refractivity contribution in [1.29, 1.82) is 0 Å². The Morgan fingerprint density at radius 3 is 2.42 bits per heavy atom. The highest BCUT2D eigenvalue weighted by Gasteiger charge is 2.53. The summed E-state index contributed by atoms with van der Waals surface area (Å²) in [6, 6.07) is 0. The molecule has 1 unspecified atom stereocenters. The summed E-state index contributed by atoms with van der Waals surface area (Å²) in [7, 11) is 1.23. The largest absolute Gasteiger partial charge is 0.466 e. The molecular weight excluding hydrogens is 454 g/mol. The third-order valence-corrected chi connectivity index (χ3v) is 6.81. The number of unbranched alkanes of at least 4 members (excludes halogenated alkanes) is 3. The molecule has 0 aliphatic carbocycles. The molecule has 1 saturated heterocycles. The molecule has 0 bridgehead atoms. The number of carbonyl (C=O) groups is 2. The van der Waals surface area contributed by atoms with Crippen molar-refractivity contribution in [3.63, 3.8) is 0 Å². The van der Waals surface area contributed by atoms with E-state index in [0.29, 0.717) is 12.3 Å². The molecule has 1 amide bonds. The van der Waals surface area contributed by atoms with E-state index in [2.05, 4.69) is 5.32 Å². The Morgan fingerprint density at radius 1 is 1.21 bits per heavy atom. The van der Waals surface area contributed by atoms with Gasteiger partial charge >= 0.3 is 12.1 Å². The van der Waals surface area contributed by atoms with Gasteiger partial charge in [0.25, 0.3) is 0 Å². The molecule has 1 heterocycles. The molecule has 1 aliphatic heterocycles. The molecule has 5 N–H and O–H groups in total. The number of aliphatic hydroxyl groups excluding tert-OH is 4. The zero-order valence-electron chi connectivity index (χ0n) is 20.3. The van der Waals surface area contributed by atoms with Crippen LogP contribution < -0.4 is 5.32 Å². The molecule has 194 valence electrons. The number of aliphatic hydroxyl groups is 4. The summed E-state index contributed by atoms with van der Waals surface area (Å²) < 4.78 is 16.0. The Hall–Kier alpha value is -1.11. The number of esters is 1. The molecule has 10 nitrogen and oxygen atoms in total. The summed E-state index contributed by atoms with van der Waals surface area (Å²) >= 11 is 1.20. The Labute approximate surface area is 200 Å². The third kappa shape index (κ3) is 9.58. The van der Waals surface area contributed by atoms with Crippen LogP contribution in [0.4, 0.5) is 4.79 Å². The fourth-order valence-electron chi connectivity index (χ4n) is 3.52. The zero-order valence-corrected chi connectivity index (χ0v) is 21.1. The lowest BCUT2D eigenvalue weighted by atomic mass is 9.85. The van der Waals surface area contributed by atoms with E-state index in [-0.39, 0.29) is 6.42 Å². The van der Waals surface area contributed by atoms with Gasteiger partial charge < -0.3 is 40.0 Å². The molecule has 11 heteroatoms. The fourth-order valence-corrected chi connectivity index (χ4v) is 4.87. The number of hydrogen-bond donors (Lipinski definition) is 5. The number of carbonyl (C=O) groups excluding carboxylic acids is 2. The number of hydrogen-bond acceptors (Lipinski definition) is 10. The van der Waals surface area contributed by atoms with Crippen LogP contribution in [0.2, 0.25) is 0 Å². The van der Waals surface area contributed by atoms with E-state index < -0.39 is 59.5 Å². The fraction of sp³-hybridized carbons (Fsp3) is 0.909. The highest BCUT2D eigenvalue weighted by molar-refractivity contribution is 8.01.